The molecular formula is C20H12Cl2FN3O3S. The summed E-state index contributed by atoms with van der Waals surface area (Å²) < 4.78 is 40.8. The predicted molar refractivity (Wildman–Crippen MR) is 113 cm³/mol. The van der Waals surface area contributed by atoms with Crippen molar-refractivity contribution in [3.8, 4) is 0 Å². The van der Waals surface area contributed by atoms with Crippen LogP contribution in [0.5, 0.6) is 0 Å². The van der Waals surface area contributed by atoms with Crippen LogP contribution < -0.4 is 4.72 Å². The molecule has 0 aliphatic rings. The number of aromatic nitrogens is 2. The molecule has 4 aromatic rings. The molecule has 6 nitrogen and oxygen atoms in total. The number of hydrogen-bond donors (Lipinski definition) is 2. The number of ketones is 1. The molecule has 2 aromatic heterocycles. The molecule has 0 atom stereocenters. The van der Waals surface area contributed by atoms with E-state index in [4.69, 9.17) is 23.2 Å². The van der Waals surface area contributed by atoms with Crippen LogP contribution in [-0.4, -0.2) is 24.2 Å². The van der Waals surface area contributed by atoms with Crippen LogP contribution in [0.2, 0.25) is 10.0 Å². The molecule has 2 N–H and O–H groups in total. The minimum absolute atomic E-state index is 0.0805. The Morgan fingerprint density at radius 1 is 1.07 bits per heavy atom. The van der Waals surface area contributed by atoms with Gasteiger partial charge in [-0.05, 0) is 42.5 Å². The van der Waals surface area contributed by atoms with Crippen molar-refractivity contribution in [1.29, 1.82) is 0 Å². The number of nitrogens with one attached hydrogen (secondary N) is 2. The van der Waals surface area contributed by atoms with Crippen LogP contribution in [0.15, 0.2) is 65.8 Å². The molecule has 0 saturated heterocycles. The van der Waals surface area contributed by atoms with Gasteiger partial charge in [-0.1, -0.05) is 29.3 Å². The Kier molecular flexibility index (Phi) is 5.23. The second-order valence-corrected chi connectivity index (χ2v) is 8.86. The third-order valence-electron chi connectivity index (χ3n) is 4.31. The number of carbonyl (C=O) groups is 1. The summed E-state index contributed by atoms with van der Waals surface area (Å²) in [5.74, 6) is -1.13. The third kappa shape index (κ3) is 3.89. The fourth-order valence-corrected chi connectivity index (χ4v) is 4.36. The first-order chi connectivity index (χ1) is 14.2. The Hall–Kier alpha value is -2.94. The van der Waals surface area contributed by atoms with Crippen molar-refractivity contribution >= 4 is 55.7 Å². The van der Waals surface area contributed by atoms with Crippen LogP contribution >= 0.6 is 23.2 Å². The van der Waals surface area contributed by atoms with Gasteiger partial charge in [0.2, 0.25) is 0 Å². The van der Waals surface area contributed by atoms with Gasteiger partial charge >= 0.3 is 0 Å². The quantitative estimate of drug-likeness (QED) is 0.405. The fraction of sp³-hybridized carbons (Fsp3) is 0. The molecule has 0 unspecified atom stereocenters. The predicted octanol–water partition coefficient (Wildman–Crippen LogP) is 5.04. The van der Waals surface area contributed by atoms with Crippen molar-refractivity contribution in [2.75, 3.05) is 4.72 Å². The van der Waals surface area contributed by atoms with Gasteiger partial charge in [-0.15, -0.1) is 0 Å². The first-order valence-electron chi connectivity index (χ1n) is 8.50. The van der Waals surface area contributed by atoms with E-state index in [1.807, 2.05) is 0 Å². The lowest BCUT2D eigenvalue weighted by Crippen LogP contribution is -2.14. The van der Waals surface area contributed by atoms with Crippen molar-refractivity contribution in [2.24, 2.45) is 0 Å². The zero-order valence-corrected chi connectivity index (χ0v) is 17.3. The van der Waals surface area contributed by atoms with Crippen molar-refractivity contribution < 1.29 is 17.6 Å². The Morgan fingerprint density at radius 2 is 1.87 bits per heavy atom. The Balaban J connectivity index is 1.71. The number of sulfonamides is 1. The fourth-order valence-electron chi connectivity index (χ4n) is 2.92. The molecule has 0 spiro atoms. The molecule has 4 rings (SSSR count). The van der Waals surface area contributed by atoms with Crippen LogP contribution in [0.1, 0.15) is 15.9 Å². The summed E-state index contributed by atoms with van der Waals surface area (Å²) in [6.07, 6.45) is 2.93. The number of H-pyrrole nitrogens is 1. The summed E-state index contributed by atoms with van der Waals surface area (Å²) in [6.45, 7) is 0. The van der Waals surface area contributed by atoms with E-state index >= 15 is 0 Å². The van der Waals surface area contributed by atoms with Gasteiger partial charge in [0.15, 0.2) is 5.78 Å². The molecule has 0 bridgehead atoms. The maximum atomic E-state index is 13.4. The van der Waals surface area contributed by atoms with Gasteiger partial charge < -0.3 is 4.98 Å². The van der Waals surface area contributed by atoms with Crippen LogP contribution in [0.3, 0.4) is 0 Å². The van der Waals surface area contributed by atoms with E-state index in [9.17, 15) is 17.6 Å². The first kappa shape index (κ1) is 20.3. The van der Waals surface area contributed by atoms with Gasteiger partial charge in [-0.2, -0.15) is 0 Å². The topological polar surface area (TPSA) is 91.9 Å². The third-order valence-corrected chi connectivity index (χ3v) is 6.23. The van der Waals surface area contributed by atoms with E-state index in [0.717, 1.165) is 12.1 Å². The number of halogens is 3. The molecule has 2 heterocycles. The molecule has 0 amide bonds. The number of nitrogens with zero attached hydrogens (tertiary/aromatic N) is 1. The zero-order valence-electron chi connectivity index (χ0n) is 15.0. The summed E-state index contributed by atoms with van der Waals surface area (Å²) >= 11 is 12.2. The molecular weight excluding hydrogens is 452 g/mol. The number of anilines is 1. The minimum Gasteiger partial charge on any atom is -0.345 e. The van der Waals surface area contributed by atoms with E-state index in [2.05, 4.69) is 14.7 Å². The lowest BCUT2D eigenvalue weighted by molar-refractivity contribution is 0.104. The monoisotopic (exact) mass is 463 g/mol. The van der Waals surface area contributed by atoms with Gasteiger partial charge in [0.05, 0.1) is 14.9 Å². The number of carbonyl (C=O) groups excluding carboxylic acids is 1. The molecule has 0 fully saturated rings. The van der Waals surface area contributed by atoms with Crippen LogP contribution in [0, 0.1) is 5.82 Å². The van der Waals surface area contributed by atoms with Crippen LogP contribution in [-0.2, 0) is 10.0 Å². The smallest absolute Gasteiger partial charge is 0.261 e. The standard InChI is InChI=1S/C20H12Cl2FN3O3S/c21-11-6-15-17(10-25-20(15)24-9-11)19(27)16-8-13(4-5-18(16)22)26-30(28,29)14-3-1-2-12(23)7-14/h1-10,26H,(H,24,25). The SMILES string of the molecule is O=C(c1cc(NS(=O)(=O)c2cccc(F)c2)ccc1Cl)c1c[nH]c2ncc(Cl)cc12. The Morgan fingerprint density at radius 3 is 2.63 bits per heavy atom. The molecule has 0 aliphatic heterocycles. The van der Waals surface area contributed by atoms with Crippen molar-refractivity contribution in [1.82, 2.24) is 9.97 Å². The van der Waals surface area contributed by atoms with Gasteiger partial charge in [0, 0.05) is 34.6 Å². The summed E-state index contributed by atoms with van der Waals surface area (Å²) in [5, 5.41) is 1.01. The number of hydrogen-bond acceptors (Lipinski definition) is 4. The van der Waals surface area contributed by atoms with Gasteiger partial charge in [0.25, 0.3) is 10.0 Å². The summed E-state index contributed by atoms with van der Waals surface area (Å²) in [6, 6.07) is 10.3. The molecule has 0 aliphatic carbocycles. The largest absolute Gasteiger partial charge is 0.345 e. The van der Waals surface area contributed by atoms with Crippen LogP contribution in [0.4, 0.5) is 10.1 Å². The maximum Gasteiger partial charge on any atom is 0.261 e. The molecule has 30 heavy (non-hydrogen) atoms. The second kappa shape index (κ2) is 7.71. The average Bonchev–Trinajstić information content (AvgIpc) is 3.12. The van der Waals surface area contributed by atoms with Crippen molar-refractivity contribution in [3.63, 3.8) is 0 Å². The number of benzene rings is 2. The lowest BCUT2D eigenvalue weighted by Gasteiger charge is -2.10. The summed E-state index contributed by atoms with van der Waals surface area (Å²) in [5.41, 5.74) is 0.939. The van der Waals surface area contributed by atoms with E-state index in [-0.39, 0.29) is 26.7 Å². The Labute approximate surface area is 180 Å². The highest BCUT2D eigenvalue weighted by molar-refractivity contribution is 7.92. The molecule has 0 radical (unpaired) electrons. The highest BCUT2D eigenvalue weighted by atomic mass is 35.5. The molecule has 152 valence electrons. The van der Waals surface area contributed by atoms with Crippen LogP contribution in [0.25, 0.3) is 11.0 Å². The number of pyridine rings is 1. The zero-order chi connectivity index (χ0) is 21.5. The lowest BCUT2D eigenvalue weighted by atomic mass is 10.0. The molecule has 0 saturated carbocycles. The highest BCUT2D eigenvalue weighted by Crippen LogP contribution is 2.28. The van der Waals surface area contributed by atoms with E-state index in [1.165, 1.54) is 42.7 Å². The number of fused-ring (bicyclic) bond motifs is 1. The van der Waals surface area contributed by atoms with Gasteiger partial charge in [-0.3, -0.25) is 9.52 Å². The average molecular weight is 464 g/mol. The van der Waals surface area contributed by atoms with Crippen molar-refractivity contribution in [3.05, 3.63) is 87.9 Å². The van der Waals surface area contributed by atoms with E-state index in [0.29, 0.717) is 16.1 Å². The minimum atomic E-state index is -4.06. The molecule has 2 aromatic carbocycles. The van der Waals surface area contributed by atoms with Crippen molar-refractivity contribution in [2.45, 2.75) is 4.90 Å². The van der Waals surface area contributed by atoms with Gasteiger partial charge in [-0.25, -0.2) is 17.8 Å². The highest BCUT2D eigenvalue weighted by Gasteiger charge is 2.20. The molecule has 10 heteroatoms. The van der Waals surface area contributed by atoms with E-state index < -0.39 is 21.6 Å². The summed E-state index contributed by atoms with van der Waals surface area (Å²) in [7, 11) is -4.06. The Bertz CT molecular complexity index is 1400. The second-order valence-electron chi connectivity index (χ2n) is 6.34. The summed E-state index contributed by atoms with van der Waals surface area (Å²) in [4.78, 5) is 19.8. The van der Waals surface area contributed by atoms with Gasteiger partial charge in [0.1, 0.15) is 11.5 Å². The number of aromatic amines is 1. The van der Waals surface area contributed by atoms with E-state index in [1.54, 1.807) is 6.07 Å². The number of rotatable bonds is 5. The normalized spacial score (nSPS) is 11.6. The maximum absolute atomic E-state index is 13.4. The first-order valence-corrected chi connectivity index (χ1v) is 10.7.